The van der Waals surface area contributed by atoms with Crippen LogP contribution >= 0.6 is 0 Å². The minimum Gasteiger partial charge on any atom is -0.491 e. The number of hydrogen-bond acceptors (Lipinski definition) is 3. The maximum absolute atomic E-state index is 10.2. The highest BCUT2D eigenvalue weighted by molar-refractivity contribution is 5.67. The second-order valence-electron chi connectivity index (χ2n) is 3.52. The molecule has 0 saturated carbocycles. The summed E-state index contributed by atoms with van der Waals surface area (Å²) in [6.45, 7) is 4.30. The van der Waals surface area contributed by atoms with E-state index in [1.54, 1.807) is 0 Å². The molecule has 1 rings (SSSR count). The molecule has 1 aromatic rings. The zero-order valence-electron chi connectivity index (χ0n) is 9.53. The molecule has 0 aliphatic heterocycles. The van der Waals surface area contributed by atoms with E-state index in [0.717, 1.165) is 16.9 Å². The molecule has 88 valence electrons. The Bertz CT molecular complexity index is 340. The number of rotatable bonds is 6. The van der Waals surface area contributed by atoms with Gasteiger partial charge in [0.2, 0.25) is 0 Å². The van der Waals surface area contributed by atoms with Crippen molar-refractivity contribution in [3.8, 4) is 5.75 Å². The van der Waals surface area contributed by atoms with Crippen LogP contribution < -0.4 is 4.74 Å². The number of para-hydroxylation sites is 1. The van der Waals surface area contributed by atoms with Crippen LogP contribution in [0.3, 0.4) is 0 Å². The van der Waals surface area contributed by atoms with E-state index in [4.69, 9.17) is 14.6 Å². The molecule has 1 aromatic carbocycles. The molecular weight excluding hydrogens is 208 g/mol. The van der Waals surface area contributed by atoms with Crippen LogP contribution in [-0.4, -0.2) is 30.9 Å². The maximum atomic E-state index is 10.2. The number of carboxylic acids is 1. The van der Waals surface area contributed by atoms with Crippen LogP contribution in [0.1, 0.15) is 11.1 Å². The molecule has 0 amide bonds. The highest BCUT2D eigenvalue weighted by Gasteiger charge is 2.03. The minimum absolute atomic E-state index is 0.278. The Balaban J connectivity index is 2.34. The summed E-state index contributed by atoms with van der Waals surface area (Å²) in [5, 5.41) is 8.35. The lowest BCUT2D eigenvalue weighted by molar-refractivity contribution is -0.142. The van der Waals surface area contributed by atoms with E-state index in [2.05, 4.69) is 0 Å². The Hall–Kier alpha value is -1.55. The van der Waals surface area contributed by atoms with E-state index < -0.39 is 5.97 Å². The molecule has 0 spiro atoms. The fourth-order valence-electron chi connectivity index (χ4n) is 1.39. The zero-order chi connectivity index (χ0) is 12.0. The smallest absolute Gasteiger partial charge is 0.329 e. The third kappa shape index (κ3) is 3.90. The van der Waals surface area contributed by atoms with Gasteiger partial charge >= 0.3 is 5.97 Å². The molecule has 0 aromatic heterocycles. The van der Waals surface area contributed by atoms with Gasteiger partial charge in [0, 0.05) is 0 Å². The van der Waals surface area contributed by atoms with Crippen molar-refractivity contribution in [2.45, 2.75) is 13.8 Å². The molecular formula is C12H16O4. The number of carbonyl (C=O) groups is 1. The van der Waals surface area contributed by atoms with Crippen molar-refractivity contribution in [3.05, 3.63) is 29.3 Å². The second-order valence-corrected chi connectivity index (χ2v) is 3.52. The van der Waals surface area contributed by atoms with Crippen molar-refractivity contribution < 1.29 is 19.4 Å². The van der Waals surface area contributed by atoms with E-state index in [1.807, 2.05) is 32.0 Å². The van der Waals surface area contributed by atoms with Gasteiger partial charge in [0.1, 0.15) is 19.0 Å². The second kappa shape index (κ2) is 6.12. The van der Waals surface area contributed by atoms with Crippen molar-refractivity contribution in [1.29, 1.82) is 0 Å². The quantitative estimate of drug-likeness (QED) is 0.748. The number of aryl methyl sites for hydroxylation is 2. The Morgan fingerprint density at radius 1 is 1.25 bits per heavy atom. The first kappa shape index (κ1) is 12.5. The summed E-state index contributed by atoms with van der Waals surface area (Å²) >= 11 is 0. The molecule has 0 atom stereocenters. The lowest BCUT2D eigenvalue weighted by Gasteiger charge is -2.11. The van der Waals surface area contributed by atoms with E-state index in [1.165, 1.54) is 0 Å². The molecule has 1 N–H and O–H groups in total. The number of ether oxygens (including phenoxy) is 2. The topological polar surface area (TPSA) is 55.8 Å². The van der Waals surface area contributed by atoms with Gasteiger partial charge < -0.3 is 14.6 Å². The molecule has 0 heterocycles. The molecule has 0 unspecified atom stereocenters. The molecule has 0 bridgehead atoms. The molecule has 0 aliphatic carbocycles. The van der Waals surface area contributed by atoms with E-state index in [9.17, 15) is 4.79 Å². The summed E-state index contributed by atoms with van der Waals surface area (Å²) in [4.78, 5) is 10.2. The number of carboxylic acid groups (broad SMARTS) is 1. The molecule has 4 nitrogen and oxygen atoms in total. The first-order valence-electron chi connectivity index (χ1n) is 5.10. The highest BCUT2D eigenvalue weighted by atomic mass is 16.5. The molecule has 0 saturated heterocycles. The van der Waals surface area contributed by atoms with Gasteiger partial charge in [0.25, 0.3) is 0 Å². The summed E-state index contributed by atoms with van der Waals surface area (Å²) < 4.78 is 10.4. The van der Waals surface area contributed by atoms with Crippen LogP contribution in [-0.2, 0) is 9.53 Å². The van der Waals surface area contributed by atoms with E-state index in [0.29, 0.717) is 6.61 Å². The fraction of sp³-hybridized carbons (Fsp3) is 0.417. The minimum atomic E-state index is -0.966. The van der Waals surface area contributed by atoms with Crippen LogP contribution in [0.2, 0.25) is 0 Å². The van der Waals surface area contributed by atoms with Crippen molar-refractivity contribution in [1.82, 2.24) is 0 Å². The van der Waals surface area contributed by atoms with Crippen LogP contribution in [0.25, 0.3) is 0 Å². The summed E-state index contributed by atoms with van der Waals surface area (Å²) in [5.74, 6) is -0.117. The number of hydrogen-bond donors (Lipinski definition) is 1. The maximum Gasteiger partial charge on any atom is 0.329 e. The standard InChI is InChI=1S/C12H16O4/c1-9-4-3-5-10(2)12(9)16-7-6-15-8-11(13)14/h3-5H,6-8H2,1-2H3,(H,13,14). The first-order chi connectivity index (χ1) is 7.61. The molecule has 0 aliphatic rings. The van der Waals surface area contributed by atoms with Gasteiger partial charge in [-0.3, -0.25) is 0 Å². The molecule has 0 fully saturated rings. The van der Waals surface area contributed by atoms with Gasteiger partial charge in [-0.25, -0.2) is 4.79 Å². The Kier molecular flexibility index (Phi) is 4.79. The highest BCUT2D eigenvalue weighted by Crippen LogP contribution is 2.21. The van der Waals surface area contributed by atoms with Gasteiger partial charge in [-0.05, 0) is 25.0 Å². The first-order valence-corrected chi connectivity index (χ1v) is 5.10. The Labute approximate surface area is 94.8 Å². The zero-order valence-corrected chi connectivity index (χ0v) is 9.53. The van der Waals surface area contributed by atoms with Crippen LogP contribution in [0, 0.1) is 13.8 Å². The average Bonchev–Trinajstić information content (AvgIpc) is 2.21. The summed E-state index contributed by atoms with van der Waals surface area (Å²) in [6.07, 6.45) is 0. The average molecular weight is 224 g/mol. The van der Waals surface area contributed by atoms with Crippen molar-refractivity contribution in [2.75, 3.05) is 19.8 Å². The Morgan fingerprint density at radius 2 is 1.88 bits per heavy atom. The number of aliphatic carboxylic acids is 1. The Morgan fingerprint density at radius 3 is 2.44 bits per heavy atom. The van der Waals surface area contributed by atoms with Gasteiger partial charge in [-0.15, -0.1) is 0 Å². The number of benzene rings is 1. The SMILES string of the molecule is Cc1cccc(C)c1OCCOCC(=O)O. The predicted octanol–water partition coefficient (Wildman–Crippen LogP) is 1.78. The lowest BCUT2D eigenvalue weighted by atomic mass is 10.1. The molecule has 0 radical (unpaired) electrons. The fourth-order valence-corrected chi connectivity index (χ4v) is 1.39. The summed E-state index contributed by atoms with van der Waals surface area (Å²) in [5.41, 5.74) is 2.14. The summed E-state index contributed by atoms with van der Waals surface area (Å²) in [6, 6.07) is 5.92. The van der Waals surface area contributed by atoms with Crippen LogP contribution in [0.4, 0.5) is 0 Å². The van der Waals surface area contributed by atoms with Crippen LogP contribution in [0.5, 0.6) is 5.75 Å². The van der Waals surface area contributed by atoms with Gasteiger partial charge in [-0.2, -0.15) is 0 Å². The van der Waals surface area contributed by atoms with Crippen molar-refractivity contribution in [3.63, 3.8) is 0 Å². The predicted molar refractivity (Wildman–Crippen MR) is 59.9 cm³/mol. The van der Waals surface area contributed by atoms with E-state index in [-0.39, 0.29) is 13.2 Å². The van der Waals surface area contributed by atoms with Crippen molar-refractivity contribution in [2.24, 2.45) is 0 Å². The lowest BCUT2D eigenvalue weighted by Crippen LogP contribution is -2.13. The van der Waals surface area contributed by atoms with Gasteiger partial charge in [0.15, 0.2) is 0 Å². The van der Waals surface area contributed by atoms with Crippen molar-refractivity contribution >= 4 is 5.97 Å². The third-order valence-electron chi connectivity index (χ3n) is 2.11. The van der Waals surface area contributed by atoms with Gasteiger partial charge in [0.05, 0.1) is 6.61 Å². The monoisotopic (exact) mass is 224 g/mol. The largest absolute Gasteiger partial charge is 0.491 e. The molecule has 16 heavy (non-hydrogen) atoms. The summed E-state index contributed by atoms with van der Waals surface area (Å²) in [7, 11) is 0. The molecule has 4 heteroatoms. The third-order valence-corrected chi connectivity index (χ3v) is 2.11. The van der Waals surface area contributed by atoms with Crippen LogP contribution in [0.15, 0.2) is 18.2 Å². The van der Waals surface area contributed by atoms with Gasteiger partial charge in [-0.1, -0.05) is 18.2 Å². The normalized spacial score (nSPS) is 10.1. The van der Waals surface area contributed by atoms with E-state index >= 15 is 0 Å².